The number of nitrogens with zero attached hydrogens (tertiary/aromatic N) is 3. The van der Waals surface area contributed by atoms with Crippen LogP contribution in [0.5, 0.6) is 11.6 Å². The van der Waals surface area contributed by atoms with E-state index < -0.39 is 0 Å². The minimum absolute atomic E-state index is 0.553. The maximum Gasteiger partial charge on any atom is 0.230 e. The van der Waals surface area contributed by atoms with Crippen LogP contribution < -0.4 is 4.74 Å². The molecule has 0 saturated carbocycles. The lowest BCUT2D eigenvalue weighted by molar-refractivity contribution is 0.469. The van der Waals surface area contributed by atoms with Gasteiger partial charge in [-0.1, -0.05) is 18.2 Å². The second-order valence-corrected chi connectivity index (χ2v) is 5.11. The topological polar surface area (TPSA) is 47.9 Å². The zero-order chi connectivity index (χ0) is 14.9. The van der Waals surface area contributed by atoms with Gasteiger partial charge >= 0.3 is 0 Å². The van der Waals surface area contributed by atoms with Gasteiger partial charge in [0.2, 0.25) is 5.88 Å². The van der Waals surface area contributed by atoms with Crippen LogP contribution in [-0.4, -0.2) is 15.0 Å². The molecule has 0 radical (unpaired) electrons. The highest BCUT2D eigenvalue weighted by molar-refractivity contribution is 5.84. The van der Waals surface area contributed by atoms with Crippen LogP contribution in [0.4, 0.5) is 0 Å². The summed E-state index contributed by atoms with van der Waals surface area (Å²) in [7, 11) is 0. The molecule has 4 nitrogen and oxygen atoms in total. The molecule has 0 bridgehead atoms. The molecular weight excluding hydrogens is 274 g/mol. The number of pyridine rings is 1. The first-order valence-corrected chi connectivity index (χ1v) is 7.05. The van der Waals surface area contributed by atoms with E-state index in [1.54, 1.807) is 0 Å². The summed E-state index contributed by atoms with van der Waals surface area (Å²) in [6.07, 6.45) is 1.51. The van der Waals surface area contributed by atoms with Gasteiger partial charge in [-0.25, -0.2) is 9.97 Å². The summed E-state index contributed by atoms with van der Waals surface area (Å²) in [6, 6.07) is 17.7. The zero-order valence-corrected chi connectivity index (χ0v) is 12.0. The lowest BCUT2D eigenvalue weighted by Gasteiger charge is -2.08. The van der Waals surface area contributed by atoms with E-state index in [0.29, 0.717) is 5.88 Å². The van der Waals surface area contributed by atoms with Gasteiger partial charge in [-0.2, -0.15) is 0 Å². The Morgan fingerprint density at radius 1 is 0.864 bits per heavy atom. The van der Waals surface area contributed by atoms with Crippen molar-refractivity contribution < 1.29 is 4.74 Å². The summed E-state index contributed by atoms with van der Waals surface area (Å²) >= 11 is 0. The van der Waals surface area contributed by atoms with Gasteiger partial charge in [-0.15, -0.1) is 0 Å². The number of hydrogen-bond donors (Lipinski definition) is 0. The molecule has 22 heavy (non-hydrogen) atoms. The van der Waals surface area contributed by atoms with Crippen molar-refractivity contribution in [2.45, 2.75) is 6.92 Å². The van der Waals surface area contributed by atoms with Gasteiger partial charge in [0.1, 0.15) is 12.1 Å². The molecule has 0 saturated heterocycles. The van der Waals surface area contributed by atoms with Crippen molar-refractivity contribution in [2.24, 2.45) is 0 Å². The molecule has 4 heteroatoms. The maximum absolute atomic E-state index is 5.95. The number of rotatable bonds is 2. The Morgan fingerprint density at radius 3 is 2.68 bits per heavy atom. The predicted molar refractivity (Wildman–Crippen MR) is 86.1 cm³/mol. The van der Waals surface area contributed by atoms with Crippen LogP contribution in [0.25, 0.3) is 21.8 Å². The Morgan fingerprint density at radius 2 is 1.73 bits per heavy atom. The third kappa shape index (κ3) is 2.24. The number of aromatic nitrogens is 3. The first kappa shape index (κ1) is 12.7. The van der Waals surface area contributed by atoms with Gasteiger partial charge < -0.3 is 4.74 Å². The lowest BCUT2D eigenvalue weighted by Crippen LogP contribution is -1.92. The van der Waals surface area contributed by atoms with Gasteiger partial charge in [0.25, 0.3) is 0 Å². The highest BCUT2D eigenvalue weighted by Crippen LogP contribution is 2.28. The van der Waals surface area contributed by atoms with E-state index in [0.717, 1.165) is 33.2 Å². The monoisotopic (exact) mass is 287 g/mol. The largest absolute Gasteiger partial charge is 0.438 e. The molecule has 0 atom stereocenters. The minimum atomic E-state index is 0.553. The fourth-order valence-electron chi connectivity index (χ4n) is 2.44. The van der Waals surface area contributed by atoms with Crippen LogP contribution in [-0.2, 0) is 0 Å². The Labute approximate surface area is 127 Å². The molecular formula is C18H13N3O. The van der Waals surface area contributed by atoms with Gasteiger partial charge in [0.05, 0.1) is 16.4 Å². The molecule has 2 aromatic carbocycles. The molecule has 4 rings (SSSR count). The summed E-state index contributed by atoms with van der Waals surface area (Å²) in [4.78, 5) is 13.0. The van der Waals surface area contributed by atoms with Crippen LogP contribution in [0, 0.1) is 6.92 Å². The summed E-state index contributed by atoms with van der Waals surface area (Å²) in [5, 5.41) is 1.98. The summed E-state index contributed by atoms with van der Waals surface area (Å²) < 4.78 is 5.95. The van der Waals surface area contributed by atoms with Crippen molar-refractivity contribution in [2.75, 3.05) is 0 Å². The molecule has 0 aliphatic rings. The number of benzene rings is 2. The van der Waals surface area contributed by atoms with Gasteiger partial charge in [0, 0.05) is 17.1 Å². The molecule has 0 unspecified atom stereocenters. The van der Waals surface area contributed by atoms with Crippen LogP contribution in [0.1, 0.15) is 5.69 Å². The average Bonchev–Trinajstić information content (AvgIpc) is 2.55. The molecule has 0 spiro atoms. The van der Waals surface area contributed by atoms with Crippen molar-refractivity contribution >= 4 is 21.8 Å². The van der Waals surface area contributed by atoms with Crippen LogP contribution in [0.3, 0.4) is 0 Å². The fourth-order valence-corrected chi connectivity index (χ4v) is 2.44. The van der Waals surface area contributed by atoms with Gasteiger partial charge in [-0.3, -0.25) is 4.98 Å². The van der Waals surface area contributed by atoms with E-state index >= 15 is 0 Å². The van der Waals surface area contributed by atoms with Crippen LogP contribution in [0.15, 0.2) is 60.9 Å². The Hall–Kier alpha value is -3.01. The smallest absolute Gasteiger partial charge is 0.230 e. The molecule has 0 N–H and O–H groups in total. The summed E-state index contributed by atoms with van der Waals surface area (Å²) in [5.74, 6) is 1.27. The average molecular weight is 287 g/mol. The molecule has 2 heterocycles. The van der Waals surface area contributed by atoms with Crippen LogP contribution in [0.2, 0.25) is 0 Å². The van der Waals surface area contributed by atoms with Gasteiger partial charge in [0.15, 0.2) is 0 Å². The van der Waals surface area contributed by atoms with E-state index in [-0.39, 0.29) is 0 Å². The number of ether oxygens (including phenoxy) is 1. The zero-order valence-electron chi connectivity index (χ0n) is 12.0. The highest BCUT2D eigenvalue weighted by atomic mass is 16.5. The lowest BCUT2D eigenvalue weighted by atomic mass is 10.2. The number of hydrogen-bond acceptors (Lipinski definition) is 4. The van der Waals surface area contributed by atoms with Crippen molar-refractivity contribution in [3.63, 3.8) is 0 Å². The van der Waals surface area contributed by atoms with E-state index in [1.165, 1.54) is 6.33 Å². The van der Waals surface area contributed by atoms with E-state index in [1.807, 2.05) is 55.5 Å². The van der Waals surface area contributed by atoms with Crippen molar-refractivity contribution in [3.05, 3.63) is 66.6 Å². The van der Waals surface area contributed by atoms with Crippen molar-refractivity contribution in [1.82, 2.24) is 15.0 Å². The SMILES string of the molecule is Cc1ccc2ccc(Oc3ncnc4ccccc34)cc2n1. The number of para-hydroxylation sites is 1. The molecule has 0 amide bonds. The number of aryl methyl sites for hydroxylation is 1. The van der Waals surface area contributed by atoms with Crippen molar-refractivity contribution in [3.8, 4) is 11.6 Å². The molecule has 0 aliphatic carbocycles. The second-order valence-electron chi connectivity index (χ2n) is 5.11. The molecule has 0 aliphatic heterocycles. The third-order valence-electron chi connectivity index (χ3n) is 3.52. The van der Waals surface area contributed by atoms with E-state index in [2.05, 4.69) is 21.0 Å². The maximum atomic E-state index is 5.95. The third-order valence-corrected chi connectivity index (χ3v) is 3.52. The van der Waals surface area contributed by atoms with E-state index in [9.17, 15) is 0 Å². The quantitative estimate of drug-likeness (QED) is 0.552. The van der Waals surface area contributed by atoms with Gasteiger partial charge in [-0.05, 0) is 37.3 Å². The summed E-state index contributed by atoms with van der Waals surface area (Å²) in [5.41, 5.74) is 2.76. The highest BCUT2D eigenvalue weighted by Gasteiger charge is 2.06. The Bertz CT molecular complexity index is 977. The minimum Gasteiger partial charge on any atom is -0.438 e. The van der Waals surface area contributed by atoms with E-state index in [4.69, 9.17) is 4.74 Å². The number of fused-ring (bicyclic) bond motifs is 2. The van der Waals surface area contributed by atoms with Crippen molar-refractivity contribution in [1.29, 1.82) is 0 Å². The first-order valence-electron chi connectivity index (χ1n) is 7.05. The molecule has 2 aromatic heterocycles. The standard InChI is InChI=1S/C18H13N3O/c1-12-6-7-13-8-9-14(10-17(13)21-12)22-18-15-4-2-3-5-16(15)19-11-20-18/h2-11H,1H3. The molecule has 0 fully saturated rings. The molecule has 4 aromatic rings. The predicted octanol–water partition coefficient (Wildman–Crippen LogP) is 4.28. The molecule has 106 valence electrons. The van der Waals surface area contributed by atoms with Crippen LogP contribution >= 0.6 is 0 Å². The fraction of sp³-hybridized carbons (Fsp3) is 0.0556. The first-order chi connectivity index (χ1) is 10.8. The second kappa shape index (κ2) is 5.07. The Kier molecular flexibility index (Phi) is 2.93. The Balaban J connectivity index is 1.79. The normalized spacial score (nSPS) is 11.0. The summed E-state index contributed by atoms with van der Waals surface area (Å²) in [6.45, 7) is 1.98.